The Hall–Kier alpha value is -3.23. The van der Waals surface area contributed by atoms with Crippen LogP contribution < -0.4 is 21.9 Å². The van der Waals surface area contributed by atoms with Gasteiger partial charge < -0.3 is 50.1 Å². The first-order valence-electron chi connectivity index (χ1n) is 17.5. The van der Waals surface area contributed by atoms with Gasteiger partial charge in [-0.3, -0.25) is 19.4 Å². The van der Waals surface area contributed by atoms with Crippen molar-refractivity contribution in [2.75, 3.05) is 71.0 Å². The molecular weight excluding hydrogens is 672 g/mol. The van der Waals surface area contributed by atoms with E-state index in [9.17, 15) is 24.6 Å². The maximum atomic E-state index is 12.7. The monoisotopic (exact) mass is 722 g/mol. The molecule has 278 valence electrons. The summed E-state index contributed by atoms with van der Waals surface area (Å²) in [6, 6.07) is 0. The number of aliphatic hydroxyl groups is 2. The van der Waals surface area contributed by atoms with E-state index in [1.54, 1.807) is 10.8 Å². The largest absolute Gasteiger partial charge is 0.394 e. The second-order valence-electron chi connectivity index (χ2n) is 12.5. The zero-order valence-corrected chi connectivity index (χ0v) is 29.3. The lowest BCUT2D eigenvalue weighted by Crippen LogP contribution is -2.39. The zero-order valence-electron chi connectivity index (χ0n) is 28.5. The zero-order chi connectivity index (χ0) is 35.7. The van der Waals surface area contributed by atoms with Crippen LogP contribution in [0.25, 0.3) is 11.0 Å². The van der Waals surface area contributed by atoms with Crippen LogP contribution in [0.15, 0.2) is 11.0 Å². The van der Waals surface area contributed by atoms with Gasteiger partial charge in [-0.15, -0.1) is 11.6 Å². The van der Waals surface area contributed by atoms with E-state index in [4.69, 9.17) is 36.3 Å². The van der Waals surface area contributed by atoms with Gasteiger partial charge in [-0.2, -0.15) is 4.98 Å². The molecule has 0 radical (unpaired) electrons. The van der Waals surface area contributed by atoms with Crippen molar-refractivity contribution in [2.24, 2.45) is 11.8 Å². The average molecular weight is 723 g/mol. The standard InChI is InChI=1S/C34H51ClN6O9/c35-11-3-1-2-4-14-48-18-19-49-17-13-38-32(45)24-9-7-23(8-10-24)31(44)37-12-16-47-15-5-6-25-21-41(28-20-26(43)27(22-42)50-28)30-29(25)33(46)40-34(36)39-30/h21,23-24,26-28,42-43H,1-4,7-20,22H2,(H,37,44)(H,38,45)(H3,36,39,40,46)/t23?,24?,26?,27-,28-/m1/s1. The van der Waals surface area contributed by atoms with Crippen molar-refractivity contribution >= 4 is 40.4 Å². The van der Waals surface area contributed by atoms with Gasteiger partial charge in [-0.25, -0.2) is 0 Å². The highest BCUT2D eigenvalue weighted by atomic mass is 35.5. The number of rotatable bonds is 20. The Morgan fingerprint density at radius 3 is 2.28 bits per heavy atom. The SMILES string of the molecule is Nc1nc2c(c(C#CCOCCNC(=O)C3CCC(C(=O)NCCOCCOCCCCCCCl)CC3)cn2[C@H]2CC(O)[C@@H](CO)O2)c(=O)[nH]1. The number of carbonyl (C=O) groups is 2. The minimum Gasteiger partial charge on any atom is -0.394 e. The summed E-state index contributed by atoms with van der Waals surface area (Å²) in [5, 5.41) is 25.7. The van der Waals surface area contributed by atoms with E-state index in [0.717, 1.165) is 32.3 Å². The summed E-state index contributed by atoms with van der Waals surface area (Å²) in [5.74, 6) is 6.16. The molecule has 2 aromatic rings. The maximum Gasteiger partial charge on any atom is 0.263 e. The summed E-state index contributed by atoms with van der Waals surface area (Å²) in [4.78, 5) is 44.6. The molecule has 0 aromatic carbocycles. The van der Waals surface area contributed by atoms with Gasteiger partial charge in [0, 0.05) is 50.0 Å². The molecule has 16 heteroatoms. The number of nitrogen functional groups attached to an aromatic ring is 1. The Morgan fingerprint density at radius 1 is 1.00 bits per heavy atom. The van der Waals surface area contributed by atoms with E-state index in [-0.39, 0.29) is 66.9 Å². The fourth-order valence-electron chi connectivity index (χ4n) is 6.17. The minimum absolute atomic E-state index is 0.00531. The molecule has 4 rings (SSSR count). The lowest BCUT2D eigenvalue weighted by atomic mass is 9.81. The van der Waals surface area contributed by atoms with Gasteiger partial charge in [0.25, 0.3) is 5.56 Å². The van der Waals surface area contributed by atoms with E-state index < -0.39 is 24.0 Å². The van der Waals surface area contributed by atoms with Gasteiger partial charge in [0.1, 0.15) is 18.9 Å². The number of hydrogen-bond acceptors (Lipinski definition) is 11. The smallest absolute Gasteiger partial charge is 0.263 e. The number of alkyl halides is 1. The number of nitrogens with zero attached hydrogens (tertiary/aromatic N) is 2. The number of nitrogens with two attached hydrogens (primary N) is 1. The summed E-state index contributed by atoms with van der Waals surface area (Å²) in [5.41, 5.74) is 5.94. The molecular formula is C34H51ClN6O9. The second kappa shape index (κ2) is 21.2. The third-order valence-corrected chi connectivity index (χ3v) is 9.16. The summed E-state index contributed by atoms with van der Waals surface area (Å²) < 4.78 is 24.0. The predicted octanol–water partition coefficient (Wildman–Crippen LogP) is 1.19. The number of aliphatic hydroxyl groups excluding tert-OH is 2. The van der Waals surface area contributed by atoms with Crippen LogP contribution in [-0.2, 0) is 28.5 Å². The Morgan fingerprint density at radius 2 is 1.64 bits per heavy atom. The molecule has 0 bridgehead atoms. The van der Waals surface area contributed by atoms with Crippen molar-refractivity contribution in [3.63, 3.8) is 0 Å². The fourth-order valence-corrected chi connectivity index (χ4v) is 6.35. The quantitative estimate of drug-likeness (QED) is 0.0649. The first-order chi connectivity index (χ1) is 24.3. The molecule has 2 aliphatic rings. The molecule has 1 aliphatic carbocycles. The van der Waals surface area contributed by atoms with Gasteiger partial charge in [0.05, 0.1) is 50.1 Å². The molecule has 3 heterocycles. The molecule has 3 atom stereocenters. The number of fused-ring (bicyclic) bond motifs is 1. The van der Waals surface area contributed by atoms with Crippen molar-refractivity contribution in [1.82, 2.24) is 25.2 Å². The average Bonchev–Trinajstić information content (AvgIpc) is 3.67. The van der Waals surface area contributed by atoms with Crippen molar-refractivity contribution in [3.05, 3.63) is 22.1 Å². The molecule has 1 saturated heterocycles. The van der Waals surface area contributed by atoms with E-state index >= 15 is 0 Å². The number of H-pyrrole nitrogens is 1. The number of ether oxygens (including phenoxy) is 4. The number of unbranched alkanes of at least 4 members (excludes halogenated alkanes) is 3. The van der Waals surface area contributed by atoms with Crippen LogP contribution in [0.2, 0.25) is 0 Å². The molecule has 15 nitrogen and oxygen atoms in total. The Bertz CT molecular complexity index is 1480. The van der Waals surface area contributed by atoms with Crippen molar-refractivity contribution in [1.29, 1.82) is 0 Å². The third kappa shape index (κ3) is 11.9. The molecule has 1 saturated carbocycles. The Labute approximate surface area is 296 Å². The molecule has 7 N–H and O–H groups in total. The van der Waals surface area contributed by atoms with Crippen LogP contribution in [0.5, 0.6) is 0 Å². The lowest BCUT2D eigenvalue weighted by molar-refractivity contribution is -0.130. The highest BCUT2D eigenvalue weighted by molar-refractivity contribution is 6.17. The summed E-state index contributed by atoms with van der Waals surface area (Å²) in [7, 11) is 0. The number of anilines is 1. The molecule has 0 spiro atoms. The van der Waals surface area contributed by atoms with Crippen LogP contribution in [0, 0.1) is 23.7 Å². The van der Waals surface area contributed by atoms with E-state index in [0.29, 0.717) is 70.0 Å². The van der Waals surface area contributed by atoms with Gasteiger partial charge >= 0.3 is 0 Å². The fraction of sp³-hybridized carbons (Fsp3) is 0.706. The predicted molar refractivity (Wildman–Crippen MR) is 186 cm³/mol. The molecule has 2 fully saturated rings. The Balaban J connectivity index is 1.08. The number of nitrogens with one attached hydrogen (secondary N) is 3. The van der Waals surface area contributed by atoms with Gasteiger partial charge in [0.2, 0.25) is 17.8 Å². The summed E-state index contributed by atoms with van der Waals surface area (Å²) in [6.07, 6.45) is 6.47. The van der Waals surface area contributed by atoms with Crippen molar-refractivity contribution in [2.45, 2.75) is 76.2 Å². The van der Waals surface area contributed by atoms with Crippen LogP contribution in [-0.4, -0.2) is 114 Å². The number of halogens is 1. The second-order valence-corrected chi connectivity index (χ2v) is 12.9. The molecule has 2 amide bonds. The van der Waals surface area contributed by atoms with Crippen molar-refractivity contribution < 1.29 is 38.7 Å². The van der Waals surface area contributed by atoms with Crippen LogP contribution in [0.4, 0.5) is 5.95 Å². The van der Waals surface area contributed by atoms with Gasteiger partial charge in [0.15, 0.2) is 5.65 Å². The number of carbonyl (C=O) groups excluding carboxylic acids is 2. The number of hydrogen-bond donors (Lipinski definition) is 6. The van der Waals surface area contributed by atoms with Crippen LogP contribution in [0.3, 0.4) is 0 Å². The Kier molecular flexibility index (Phi) is 16.8. The van der Waals surface area contributed by atoms with Crippen molar-refractivity contribution in [3.8, 4) is 11.8 Å². The first kappa shape index (κ1) is 39.6. The normalized spacial score (nSPS) is 21.9. The van der Waals surface area contributed by atoms with Gasteiger partial charge in [-0.1, -0.05) is 24.7 Å². The van der Waals surface area contributed by atoms with Crippen LogP contribution >= 0.6 is 11.6 Å². The van der Waals surface area contributed by atoms with E-state index in [2.05, 4.69) is 32.4 Å². The molecule has 2 aromatic heterocycles. The highest BCUT2D eigenvalue weighted by Crippen LogP contribution is 2.32. The third-order valence-electron chi connectivity index (χ3n) is 8.90. The first-order valence-corrected chi connectivity index (χ1v) is 18.0. The lowest BCUT2D eigenvalue weighted by Gasteiger charge is -2.27. The summed E-state index contributed by atoms with van der Waals surface area (Å²) in [6.45, 7) is 2.92. The topological polar surface area (TPSA) is 212 Å². The molecule has 50 heavy (non-hydrogen) atoms. The van der Waals surface area contributed by atoms with Crippen LogP contribution in [0.1, 0.15) is 69.6 Å². The number of aromatic amines is 1. The maximum absolute atomic E-state index is 12.7. The molecule has 1 aliphatic heterocycles. The number of amides is 2. The minimum atomic E-state index is -0.869. The summed E-state index contributed by atoms with van der Waals surface area (Å²) >= 11 is 5.67. The van der Waals surface area contributed by atoms with E-state index in [1.807, 2.05) is 0 Å². The number of aromatic nitrogens is 3. The van der Waals surface area contributed by atoms with Gasteiger partial charge in [-0.05, 0) is 38.5 Å². The van der Waals surface area contributed by atoms with E-state index in [1.165, 1.54) is 0 Å². The highest BCUT2D eigenvalue weighted by Gasteiger charge is 2.36. The molecule has 1 unspecified atom stereocenters.